The van der Waals surface area contributed by atoms with Crippen molar-refractivity contribution in [1.82, 2.24) is 0 Å². The Morgan fingerprint density at radius 2 is 1.79 bits per heavy atom. The van der Waals surface area contributed by atoms with Crippen LogP contribution in [0.25, 0.3) is 6.08 Å². The fraction of sp³-hybridized carbons (Fsp3) is 0.111. The summed E-state index contributed by atoms with van der Waals surface area (Å²) in [5.41, 5.74) is -1.13. The van der Waals surface area contributed by atoms with Gasteiger partial charge in [0.2, 0.25) is 0 Å². The van der Waals surface area contributed by atoms with Crippen LogP contribution in [0.5, 0.6) is 0 Å². The normalized spacial score (nSPS) is 14.4. The fourth-order valence-corrected chi connectivity index (χ4v) is 1.13. The van der Waals surface area contributed by atoms with Gasteiger partial charge in [-0.15, -0.1) is 0 Å². The molecule has 1 atom stereocenters. The molecule has 1 rings (SSSR count). The van der Waals surface area contributed by atoms with Gasteiger partial charge in [0.25, 0.3) is 10.1 Å². The van der Waals surface area contributed by atoms with E-state index in [0.29, 0.717) is 0 Å². The van der Waals surface area contributed by atoms with Crippen LogP contribution in [-0.2, 0) is 10.1 Å². The number of hydrogen-bond acceptors (Lipinski definition) is 3. The maximum Gasteiger partial charge on any atom is 0.295 e. The number of aliphatic hydroxyl groups excluding tert-OH is 1. The van der Waals surface area contributed by atoms with Crippen LogP contribution in [0.4, 0.5) is 0 Å². The van der Waals surface area contributed by atoms with E-state index in [-0.39, 0.29) is 0 Å². The standard InChI is InChI=1S/C9H10O4S/c10-9(14(11,12)13)7-6-8-4-2-1-3-5-8/h1-7,9-10H,(H,11,12,13)/b7-6+/t9-/m1/s1. The molecule has 0 saturated carbocycles. The lowest BCUT2D eigenvalue weighted by Gasteiger charge is -1.99. The van der Waals surface area contributed by atoms with E-state index in [1.165, 1.54) is 6.08 Å². The zero-order chi connectivity index (χ0) is 10.6. The molecule has 0 aromatic heterocycles. The highest BCUT2D eigenvalue weighted by atomic mass is 32.2. The quantitative estimate of drug-likeness (QED) is 0.733. The summed E-state index contributed by atoms with van der Waals surface area (Å²) in [6.45, 7) is 0. The van der Waals surface area contributed by atoms with Crippen molar-refractivity contribution in [1.29, 1.82) is 0 Å². The minimum absolute atomic E-state index is 0.746. The topological polar surface area (TPSA) is 74.6 Å². The Bertz CT molecular complexity index is 408. The Morgan fingerprint density at radius 1 is 1.21 bits per heavy atom. The number of rotatable bonds is 3. The van der Waals surface area contributed by atoms with Crippen molar-refractivity contribution in [3.05, 3.63) is 42.0 Å². The molecule has 0 unspecified atom stereocenters. The van der Waals surface area contributed by atoms with Crippen molar-refractivity contribution >= 4 is 16.2 Å². The van der Waals surface area contributed by atoms with Crippen molar-refractivity contribution in [3.63, 3.8) is 0 Å². The van der Waals surface area contributed by atoms with Crippen molar-refractivity contribution in [3.8, 4) is 0 Å². The molecule has 0 bridgehead atoms. The molecule has 0 aliphatic rings. The molecule has 0 amide bonds. The molecule has 0 fully saturated rings. The van der Waals surface area contributed by atoms with E-state index in [9.17, 15) is 8.42 Å². The molecule has 0 saturated heterocycles. The van der Waals surface area contributed by atoms with Gasteiger partial charge >= 0.3 is 0 Å². The zero-order valence-corrected chi connectivity index (χ0v) is 8.05. The summed E-state index contributed by atoms with van der Waals surface area (Å²) in [7, 11) is -4.40. The number of aliphatic hydroxyl groups is 1. The first kappa shape index (κ1) is 10.9. The van der Waals surface area contributed by atoms with Crippen molar-refractivity contribution in [2.24, 2.45) is 0 Å². The first-order valence-corrected chi connectivity index (χ1v) is 5.38. The number of hydrogen-bond donors (Lipinski definition) is 2. The maximum atomic E-state index is 10.4. The Labute approximate surface area is 82.3 Å². The summed E-state index contributed by atoms with van der Waals surface area (Å²) in [4.78, 5) is 0. The van der Waals surface area contributed by atoms with Gasteiger partial charge < -0.3 is 5.11 Å². The van der Waals surface area contributed by atoms with Crippen LogP contribution in [0.1, 0.15) is 5.56 Å². The summed E-state index contributed by atoms with van der Waals surface area (Å²) >= 11 is 0. The highest BCUT2D eigenvalue weighted by molar-refractivity contribution is 7.86. The van der Waals surface area contributed by atoms with Crippen molar-refractivity contribution < 1.29 is 18.1 Å². The Balaban J connectivity index is 2.75. The summed E-state index contributed by atoms with van der Waals surface area (Å²) in [6, 6.07) is 8.86. The Kier molecular flexibility index (Phi) is 3.40. The van der Waals surface area contributed by atoms with Crippen LogP contribution in [0.2, 0.25) is 0 Å². The summed E-state index contributed by atoms with van der Waals surface area (Å²) in [5, 5.41) is 8.92. The lowest BCUT2D eigenvalue weighted by Crippen LogP contribution is -2.16. The van der Waals surface area contributed by atoms with E-state index in [1.54, 1.807) is 24.3 Å². The molecule has 0 aliphatic carbocycles. The lowest BCUT2D eigenvalue weighted by molar-refractivity contribution is 0.276. The van der Waals surface area contributed by atoms with Crippen LogP contribution in [0, 0.1) is 0 Å². The van der Waals surface area contributed by atoms with Crippen LogP contribution in [0.15, 0.2) is 36.4 Å². The molecule has 1 aromatic rings. The van der Waals surface area contributed by atoms with Gasteiger partial charge in [0.15, 0.2) is 5.44 Å². The van der Waals surface area contributed by atoms with Gasteiger partial charge in [0.1, 0.15) is 0 Å². The molecule has 14 heavy (non-hydrogen) atoms. The highest BCUT2D eigenvalue weighted by Gasteiger charge is 2.14. The summed E-state index contributed by atoms with van der Waals surface area (Å²) < 4.78 is 29.2. The SMILES string of the molecule is O=S(=O)(O)[C@@H](O)/C=C/c1ccccc1. The van der Waals surface area contributed by atoms with E-state index in [1.807, 2.05) is 6.07 Å². The molecule has 1 aromatic carbocycles. The van der Waals surface area contributed by atoms with Gasteiger partial charge in [0.05, 0.1) is 0 Å². The van der Waals surface area contributed by atoms with E-state index < -0.39 is 15.6 Å². The second-order valence-corrected chi connectivity index (χ2v) is 4.19. The molecule has 0 spiro atoms. The maximum absolute atomic E-state index is 10.4. The molecule has 5 heteroatoms. The predicted octanol–water partition coefficient (Wildman–Crippen LogP) is 0.906. The molecule has 0 heterocycles. The average Bonchev–Trinajstić information content (AvgIpc) is 2.14. The third-order valence-corrected chi connectivity index (χ3v) is 2.33. The molecule has 0 aliphatic heterocycles. The van der Waals surface area contributed by atoms with Gasteiger partial charge in [0, 0.05) is 0 Å². The van der Waals surface area contributed by atoms with Gasteiger partial charge in [-0.2, -0.15) is 8.42 Å². The smallest absolute Gasteiger partial charge is 0.295 e. The van der Waals surface area contributed by atoms with Gasteiger partial charge in [-0.1, -0.05) is 36.4 Å². The summed E-state index contributed by atoms with van der Waals surface area (Å²) in [6.07, 6.45) is 2.42. The molecule has 76 valence electrons. The van der Waals surface area contributed by atoms with E-state index >= 15 is 0 Å². The zero-order valence-electron chi connectivity index (χ0n) is 7.24. The first-order valence-electron chi connectivity index (χ1n) is 3.88. The Morgan fingerprint density at radius 3 is 2.29 bits per heavy atom. The average molecular weight is 214 g/mol. The molecule has 4 nitrogen and oxygen atoms in total. The fourth-order valence-electron chi connectivity index (χ4n) is 0.857. The summed E-state index contributed by atoms with van der Waals surface area (Å²) in [5.74, 6) is 0. The third-order valence-electron chi connectivity index (χ3n) is 1.56. The molecule has 0 radical (unpaired) electrons. The minimum Gasteiger partial charge on any atom is -0.372 e. The van der Waals surface area contributed by atoms with Crippen LogP contribution in [-0.4, -0.2) is 23.5 Å². The van der Waals surface area contributed by atoms with Crippen LogP contribution in [0.3, 0.4) is 0 Å². The monoisotopic (exact) mass is 214 g/mol. The highest BCUT2D eigenvalue weighted by Crippen LogP contribution is 2.04. The largest absolute Gasteiger partial charge is 0.372 e. The predicted molar refractivity (Wildman–Crippen MR) is 53.0 cm³/mol. The van der Waals surface area contributed by atoms with Crippen molar-refractivity contribution in [2.75, 3.05) is 0 Å². The molecular formula is C9H10O4S. The van der Waals surface area contributed by atoms with Crippen LogP contribution < -0.4 is 0 Å². The van der Waals surface area contributed by atoms with Crippen LogP contribution >= 0.6 is 0 Å². The van der Waals surface area contributed by atoms with E-state index in [2.05, 4.69) is 0 Å². The molecule has 2 N–H and O–H groups in total. The second kappa shape index (κ2) is 4.36. The first-order chi connectivity index (χ1) is 6.50. The minimum atomic E-state index is -4.40. The van der Waals surface area contributed by atoms with Gasteiger partial charge in [-0.05, 0) is 11.6 Å². The molecular weight excluding hydrogens is 204 g/mol. The van der Waals surface area contributed by atoms with E-state index in [4.69, 9.17) is 9.66 Å². The van der Waals surface area contributed by atoms with Crippen molar-refractivity contribution in [2.45, 2.75) is 5.44 Å². The third kappa shape index (κ3) is 3.29. The number of benzene rings is 1. The lowest BCUT2D eigenvalue weighted by atomic mass is 10.2. The second-order valence-electron chi connectivity index (χ2n) is 2.68. The Hall–Kier alpha value is -1.17. The van der Waals surface area contributed by atoms with Gasteiger partial charge in [-0.25, -0.2) is 0 Å². The van der Waals surface area contributed by atoms with Gasteiger partial charge in [-0.3, -0.25) is 4.55 Å². The van der Waals surface area contributed by atoms with E-state index in [0.717, 1.165) is 11.6 Å².